The molecule has 8 heteroatoms. The Kier molecular flexibility index (Phi) is 8.76. The average molecular weight is 527 g/mol. The number of anilines is 2. The fraction of sp³-hybridized carbons (Fsp3) is 0.0769. The first kappa shape index (κ1) is 25.4. The molecule has 3 N–H and O–H groups in total. The van der Waals surface area contributed by atoms with Crippen molar-refractivity contribution >= 4 is 38.7 Å². The Labute approximate surface area is 223 Å². The van der Waals surface area contributed by atoms with E-state index in [1.807, 2.05) is 79.7 Å². The van der Waals surface area contributed by atoms with E-state index in [1.165, 1.54) is 6.33 Å². The summed E-state index contributed by atoms with van der Waals surface area (Å²) in [7, 11) is 3.98. The molecule has 0 aliphatic carbocycles. The Balaban J connectivity index is 0.000000212. The van der Waals surface area contributed by atoms with Gasteiger partial charge in [0.15, 0.2) is 0 Å². The van der Waals surface area contributed by atoms with Gasteiger partial charge in [-0.05, 0) is 41.8 Å². The van der Waals surface area contributed by atoms with Gasteiger partial charge in [0, 0.05) is 57.9 Å². The van der Waals surface area contributed by atoms with E-state index in [-0.39, 0.29) is 32.7 Å². The van der Waals surface area contributed by atoms with Crippen LogP contribution < -0.4 is 15.1 Å². The standard InChI is InChI=1S/C16H15N4O.C10H9NO.Y/c1-20(2)12-5-8-14-15(9-12)18-10-19-16(14)21-13-6-3-11(17)4-7-13;12-11-10-7-3-5-8-4-1-2-6-9(8)10;/h3-10,17H,1-2H3;1-7,11-12H;/q-1;;. The van der Waals surface area contributed by atoms with Gasteiger partial charge in [-0.25, -0.2) is 9.97 Å². The van der Waals surface area contributed by atoms with Crippen molar-refractivity contribution in [2.45, 2.75) is 0 Å². The zero-order valence-electron chi connectivity index (χ0n) is 18.9. The maximum atomic E-state index is 8.79. The summed E-state index contributed by atoms with van der Waals surface area (Å²) >= 11 is 0. The van der Waals surface area contributed by atoms with Crippen LogP contribution in [0.5, 0.6) is 11.6 Å². The first-order valence-corrected chi connectivity index (χ1v) is 10.3. The quantitative estimate of drug-likeness (QED) is 0.250. The number of aromatic nitrogens is 2. The molecule has 0 saturated heterocycles. The molecule has 7 nitrogen and oxygen atoms in total. The van der Waals surface area contributed by atoms with Crippen molar-refractivity contribution in [3.05, 3.63) is 97.0 Å². The topological polar surface area (TPSA) is 94.3 Å². The first-order chi connectivity index (χ1) is 16.0. The Morgan fingerprint density at radius 3 is 2.32 bits per heavy atom. The number of nitrogens with one attached hydrogen (secondary N) is 2. The number of hydrogen-bond acceptors (Lipinski definition) is 6. The van der Waals surface area contributed by atoms with Crippen LogP contribution in [0.4, 0.5) is 17.1 Å². The number of fused-ring (bicyclic) bond motifs is 2. The van der Waals surface area contributed by atoms with Crippen molar-refractivity contribution in [1.82, 2.24) is 9.97 Å². The summed E-state index contributed by atoms with van der Waals surface area (Å²) in [6, 6.07) is 26.5. The van der Waals surface area contributed by atoms with Crippen LogP contribution >= 0.6 is 0 Å². The van der Waals surface area contributed by atoms with E-state index >= 15 is 0 Å². The van der Waals surface area contributed by atoms with Gasteiger partial charge in [-0.15, -0.1) is 5.69 Å². The van der Waals surface area contributed by atoms with Crippen LogP contribution in [-0.2, 0) is 32.7 Å². The van der Waals surface area contributed by atoms with Crippen LogP contribution in [0.2, 0.25) is 0 Å². The zero-order valence-corrected chi connectivity index (χ0v) is 21.8. The van der Waals surface area contributed by atoms with Gasteiger partial charge in [0.2, 0.25) is 5.88 Å². The third kappa shape index (κ3) is 6.00. The molecule has 0 bridgehead atoms. The largest absolute Gasteiger partial charge is 0.699 e. The Bertz CT molecular complexity index is 1370. The van der Waals surface area contributed by atoms with Gasteiger partial charge in [0.1, 0.15) is 12.1 Å². The molecule has 1 heterocycles. The fourth-order valence-corrected chi connectivity index (χ4v) is 3.34. The van der Waals surface area contributed by atoms with Gasteiger partial charge in [-0.1, -0.05) is 48.5 Å². The minimum absolute atomic E-state index is 0. The summed E-state index contributed by atoms with van der Waals surface area (Å²) in [5, 5.41) is 11.8. The summed E-state index contributed by atoms with van der Waals surface area (Å²) in [5.74, 6) is 1.17. The maximum Gasteiger partial charge on any atom is 0.230 e. The molecule has 0 spiro atoms. The molecule has 0 unspecified atom stereocenters. The average Bonchev–Trinajstić information content (AvgIpc) is 2.85. The van der Waals surface area contributed by atoms with E-state index < -0.39 is 0 Å². The number of benzene rings is 4. The predicted molar refractivity (Wildman–Crippen MR) is 134 cm³/mol. The Morgan fingerprint density at radius 2 is 1.59 bits per heavy atom. The third-order valence-corrected chi connectivity index (χ3v) is 5.08. The van der Waals surface area contributed by atoms with Crippen molar-refractivity contribution < 1.29 is 42.7 Å². The van der Waals surface area contributed by atoms with Crippen molar-refractivity contribution in [2.24, 2.45) is 0 Å². The van der Waals surface area contributed by atoms with E-state index in [0.717, 1.165) is 33.1 Å². The van der Waals surface area contributed by atoms with Crippen molar-refractivity contribution in [3.8, 4) is 11.6 Å². The second-order valence-electron chi connectivity index (χ2n) is 7.54. The number of hydrogen-bond donors (Lipinski definition) is 2. The molecule has 1 radical (unpaired) electrons. The smallest absolute Gasteiger partial charge is 0.230 e. The molecule has 169 valence electrons. The second-order valence-corrected chi connectivity index (χ2v) is 7.54. The Hall–Kier alpha value is -3.26. The molecule has 4 aromatic carbocycles. The minimum atomic E-state index is 0. The van der Waals surface area contributed by atoms with Gasteiger partial charge < -0.3 is 15.4 Å². The van der Waals surface area contributed by atoms with E-state index in [9.17, 15) is 0 Å². The van der Waals surface area contributed by atoms with E-state index in [2.05, 4.69) is 15.4 Å². The third-order valence-electron chi connectivity index (χ3n) is 5.08. The number of ether oxygens (including phenoxy) is 1. The van der Waals surface area contributed by atoms with Crippen molar-refractivity contribution in [3.63, 3.8) is 0 Å². The molecule has 34 heavy (non-hydrogen) atoms. The van der Waals surface area contributed by atoms with Crippen LogP contribution in [0.3, 0.4) is 0 Å². The van der Waals surface area contributed by atoms with Crippen LogP contribution in [0, 0.1) is 0 Å². The molecule has 1 aromatic heterocycles. The number of rotatable bonds is 4. The second kappa shape index (κ2) is 11.7. The molecule has 0 fully saturated rings. The van der Waals surface area contributed by atoms with E-state index in [4.69, 9.17) is 15.7 Å². The summed E-state index contributed by atoms with van der Waals surface area (Å²) in [5.41, 5.74) is 12.8. The molecular weight excluding hydrogens is 503 g/mol. The molecule has 0 amide bonds. The molecule has 5 rings (SSSR count). The van der Waals surface area contributed by atoms with Gasteiger partial charge in [0.25, 0.3) is 0 Å². The Morgan fingerprint density at radius 1 is 0.853 bits per heavy atom. The van der Waals surface area contributed by atoms with Crippen LogP contribution in [0.1, 0.15) is 0 Å². The summed E-state index contributed by atoms with van der Waals surface area (Å²) in [6.07, 6.45) is 1.50. The predicted octanol–water partition coefficient (Wildman–Crippen LogP) is 6.81. The SMILES string of the molecule is CN(C)c1ccc2c(Oc3ccc([NH-])cc3)ncnc2c1.ONc1cccc2ccccc12.[Y]. The van der Waals surface area contributed by atoms with E-state index in [1.54, 1.807) is 24.3 Å². The fourth-order valence-electron chi connectivity index (χ4n) is 3.34. The molecule has 0 atom stereocenters. The zero-order chi connectivity index (χ0) is 23.2. The minimum Gasteiger partial charge on any atom is -0.699 e. The van der Waals surface area contributed by atoms with Gasteiger partial charge >= 0.3 is 0 Å². The number of nitrogens with zero attached hydrogens (tertiary/aromatic N) is 3. The molecule has 0 saturated carbocycles. The van der Waals surface area contributed by atoms with Crippen molar-refractivity contribution in [1.29, 1.82) is 0 Å². The van der Waals surface area contributed by atoms with Gasteiger partial charge in [-0.3, -0.25) is 10.7 Å². The molecule has 0 aliphatic rings. The van der Waals surface area contributed by atoms with Crippen LogP contribution in [0.15, 0.2) is 91.3 Å². The molecule has 0 aliphatic heterocycles. The first-order valence-electron chi connectivity index (χ1n) is 10.3. The van der Waals surface area contributed by atoms with Crippen molar-refractivity contribution in [2.75, 3.05) is 24.5 Å². The van der Waals surface area contributed by atoms with Gasteiger partial charge in [-0.2, -0.15) is 0 Å². The summed E-state index contributed by atoms with van der Waals surface area (Å²) in [6.45, 7) is 0. The monoisotopic (exact) mass is 527 g/mol. The molecular formula is C26H24N5O2Y-. The summed E-state index contributed by atoms with van der Waals surface area (Å²) < 4.78 is 5.80. The normalized spacial score (nSPS) is 10.1. The van der Waals surface area contributed by atoms with Crippen LogP contribution in [0.25, 0.3) is 27.4 Å². The molecule has 5 aromatic rings. The van der Waals surface area contributed by atoms with Crippen LogP contribution in [-0.4, -0.2) is 29.3 Å². The van der Waals surface area contributed by atoms with Gasteiger partial charge in [0.05, 0.1) is 16.6 Å². The van der Waals surface area contributed by atoms with E-state index in [0.29, 0.717) is 17.3 Å². The maximum absolute atomic E-state index is 8.79. The summed E-state index contributed by atoms with van der Waals surface area (Å²) in [4.78, 5) is 10.5.